The van der Waals surface area contributed by atoms with Crippen LogP contribution in [0.15, 0.2) is 0 Å². The lowest BCUT2D eigenvalue weighted by atomic mass is 10.2. The second-order valence-corrected chi connectivity index (χ2v) is 2.74. The first-order chi connectivity index (χ1) is 6.20. The largest absolute Gasteiger partial charge is 0.362 e. The Labute approximate surface area is 76.8 Å². The number of morpholine rings is 1. The standard InChI is InChI=1S/C9H11NO3/c1-3-7(4-2)10-8(11)5-13-6-9(10)12/h1,7H,4-6H2,2H3. The SMILES string of the molecule is C#CC(CC)N1C(=O)COCC1=O. The van der Waals surface area contributed by atoms with Crippen LogP contribution in [0.4, 0.5) is 0 Å². The predicted molar refractivity (Wildman–Crippen MR) is 45.6 cm³/mol. The highest BCUT2D eigenvalue weighted by Gasteiger charge is 2.31. The second-order valence-electron chi connectivity index (χ2n) is 2.74. The van der Waals surface area contributed by atoms with Gasteiger partial charge in [0.1, 0.15) is 19.3 Å². The first kappa shape index (κ1) is 9.75. The zero-order valence-corrected chi connectivity index (χ0v) is 7.45. The van der Waals surface area contributed by atoms with Crippen molar-refractivity contribution in [2.75, 3.05) is 13.2 Å². The molecule has 13 heavy (non-hydrogen) atoms. The highest BCUT2D eigenvalue weighted by atomic mass is 16.5. The molecular weight excluding hydrogens is 170 g/mol. The minimum absolute atomic E-state index is 0.0517. The van der Waals surface area contributed by atoms with Crippen molar-refractivity contribution in [2.24, 2.45) is 0 Å². The van der Waals surface area contributed by atoms with Gasteiger partial charge in [-0.3, -0.25) is 14.5 Å². The maximum absolute atomic E-state index is 11.2. The van der Waals surface area contributed by atoms with Crippen LogP contribution >= 0.6 is 0 Å². The van der Waals surface area contributed by atoms with E-state index in [-0.39, 0.29) is 25.0 Å². The maximum atomic E-state index is 11.2. The molecule has 0 aromatic heterocycles. The molecule has 0 aliphatic carbocycles. The van der Waals surface area contributed by atoms with Gasteiger partial charge in [-0.1, -0.05) is 12.8 Å². The van der Waals surface area contributed by atoms with E-state index in [1.54, 1.807) is 0 Å². The Bertz CT molecular complexity index is 251. The lowest BCUT2D eigenvalue weighted by Crippen LogP contribution is -2.50. The Morgan fingerprint density at radius 3 is 2.46 bits per heavy atom. The first-order valence-electron chi connectivity index (χ1n) is 4.09. The van der Waals surface area contributed by atoms with Gasteiger partial charge in [0.25, 0.3) is 11.8 Å². The van der Waals surface area contributed by atoms with Gasteiger partial charge in [-0.15, -0.1) is 6.42 Å². The monoisotopic (exact) mass is 181 g/mol. The van der Waals surface area contributed by atoms with Crippen LogP contribution in [0.2, 0.25) is 0 Å². The zero-order valence-electron chi connectivity index (χ0n) is 7.45. The van der Waals surface area contributed by atoms with Gasteiger partial charge in [0.15, 0.2) is 0 Å². The van der Waals surface area contributed by atoms with Crippen molar-refractivity contribution in [1.29, 1.82) is 0 Å². The summed E-state index contributed by atoms with van der Waals surface area (Å²) in [7, 11) is 0. The molecule has 70 valence electrons. The quantitative estimate of drug-likeness (QED) is 0.437. The molecule has 0 saturated carbocycles. The van der Waals surface area contributed by atoms with Crippen molar-refractivity contribution < 1.29 is 14.3 Å². The lowest BCUT2D eigenvalue weighted by Gasteiger charge is -2.28. The van der Waals surface area contributed by atoms with Crippen molar-refractivity contribution in [2.45, 2.75) is 19.4 Å². The number of carbonyl (C=O) groups excluding carboxylic acids is 2. The Morgan fingerprint density at radius 2 is 2.08 bits per heavy atom. The van der Waals surface area contributed by atoms with Crippen LogP contribution in [0.1, 0.15) is 13.3 Å². The molecule has 0 aromatic rings. The van der Waals surface area contributed by atoms with Gasteiger partial charge in [-0.2, -0.15) is 0 Å². The average Bonchev–Trinajstić information content (AvgIpc) is 2.11. The third kappa shape index (κ3) is 1.87. The number of terminal acetylenes is 1. The number of hydrogen-bond acceptors (Lipinski definition) is 3. The molecule has 0 spiro atoms. The summed E-state index contributed by atoms with van der Waals surface area (Å²) in [4.78, 5) is 23.6. The highest BCUT2D eigenvalue weighted by Crippen LogP contribution is 2.08. The molecule has 1 fully saturated rings. The van der Waals surface area contributed by atoms with E-state index >= 15 is 0 Å². The fraction of sp³-hybridized carbons (Fsp3) is 0.556. The van der Waals surface area contributed by atoms with Crippen LogP contribution in [-0.4, -0.2) is 36.0 Å². The average molecular weight is 181 g/mol. The number of ether oxygens (including phenoxy) is 1. The number of amides is 2. The second kappa shape index (κ2) is 4.06. The van der Waals surface area contributed by atoms with Crippen molar-refractivity contribution in [1.82, 2.24) is 4.90 Å². The fourth-order valence-electron chi connectivity index (χ4n) is 1.23. The van der Waals surface area contributed by atoms with Gasteiger partial charge in [0, 0.05) is 0 Å². The fourth-order valence-corrected chi connectivity index (χ4v) is 1.23. The Morgan fingerprint density at radius 1 is 1.54 bits per heavy atom. The van der Waals surface area contributed by atoms with Gasteiger partial charge in [-0.25, -0.2) is 0 Å². The van der Waals surface area contributed by atoms with E-state index in [4.69, 9.17) is 11.2 Å². The third-order valence-corrected chi connectivity index (χ3v) is 1.88. The van der Waals surface area contributed by atoms with E-state index in [0.717, 1.165) is 4.90 Å². The number of rotatable bonds is 2. The summed E-state index contributed by atoms with van der Waals surface area (Å²) in [5.41, 5.74) is 0. The molecule has 4 nitrogen and oxygen atoms in total. The summed E-state index contributed by atoms with van der Waals surface area (Å²) in [6, 6.07) is -0.427. The normalized spacial score (nSPS) is 19.8. The molecular formula is C9H11NO3. The number of nitrogens with zero attached hydrogens (tertiary/aromatic N) is 1. The first-order valence-corrected chi connectivity index (χ1v) is 4.09. The molecule has 1 aliphatic heterocycles. The van der Waals surface area contributed by atoms with E-state index in [2.05, 4.69) is 5.92 Å². The molecule has 0 aromatic carbocycles. The van der Waals surface area contributed by atoms with Gasteiger partial charge in [0.05, 0.1) is 0 Å². The van der Waals surface area contributed by atoms with Crippen LogP contribution < -0.4 is 0 Å². The molecule has 1 unspecified atom stereocenters. The summed E-state index contributed by atoms with van der Waals surface area (Å²) in [6.45, 7) is 1.73. The summed E-state index contributed by atoms with van der Waals surface area (Å²) in [5, 5.41) is 0. The summed E-state index contributed by atoms with van der Waals surface area (Å²) >= 11 is 0. The molecule has 1 atom stereocenters. The predicted octanol–water partition coefficient (Wildman–Crippen LogP) is -0.216. The maximum Gasteiger partial charge on any atom is 0.256 e. The molecule has 4 heteroatoms. The van der Waals surface area contributed by atoms with E-state index in [1.807, 2.05) is 6.92 Å². The topological polar surface area (TPSA) is 46.6 Å². The highest BCUT2D eigenvalue weighted by molar-refractivity contribution is 5.99. The van der Waals surface area contributed by atoms with Gasteiger partial charge >= 0.3 is 0 Å². The molecule has 1 saturated heterocycles. The summed E-state index contributed by atoms with van der Waals surface area (Å²) < 4.78 is 4.75. The van der Waals surface area contributed by atoms with E-state index < -0.39 is 6.04 Å². The summed E-state index contributed by atoms with van der Waals surface area (Å²) in [5.74, 6) is 1.72. The molecule has 0 N–H and O–H groups in total. The van der Waals surface area contributed by atoms with Gasteiger partial charge < -0.3 is 4.74 Å². The zero-order chi connectivity index (χ0) is 9.84. The molecule has 1 aliphatic rings. The molecule has 1 heterocycles. The molecule has 2 amide bonds. The van der Waals surface area contributed by atoms with E-state index in [9.17, 15) is 9.59 Å². The number of imide groups is 1. The third-order valence-electron chi connectivity index (χ3n) is 1.88. The van der Waals surface area contributed by atoms with Crippen molar-refractivity contribution in [3.8, 4) is 12.3 Å². The van der Waals surface area contributed by atoms with Gasteiger partial charge in [0.2, 0.25) is 0 Å². The Balaban J connectivity index is 2.80. The van der Waals surface area contributed by atoms with Crippen LogP contribution in [0.25, 0.3) is 0 Å². The van der Waals surface area contributed by atoms with Crippen LogP contribution in [0.5, 0.6) is 0 Å². The van der Waals surface area contributed by atoms with Crippen molar-refractivity contribution in [3.05, 3.63) is 0 Å². The van der Waals surface area contributed by atoms with Crippen LogP contribution in [-0.2, 0) is 14.3 Å². The van der Waals surface area contributed by atoms with Crippen molar-refractivity contribution in [3.63, 3.8) is 0 Å². The summed E-state index contributed by atoms with van der Waals surface area (Å²) in [6.07, 6.45) is 5.78. The Hall–Kier alpha value is -1.34. The minimum atomic E-state index is -0.427. The Kier molecular flexibility index (Phi) is 3.04. The van der Waals surface area contributed by atoms with Gasteiger partial charge in [-0.05, 0) is 6.42 Å². The molecule has 1 rings (SSSR count). The van der Waals surface area contributed by atoms with E-state index in [0.29, 0.717) is 6.42 Å². The number of hydrogen-bond donors (Lipinski definition) is 0. The van der Waals surface area contributed by atoms with Crippen molar-refractivity contribution >= 4 is 11.8 Å². The van der Waals surface area contributed by atoms with Crippen LogP contribution in [0, 0.1) is 12.3 Å². The van der Waals surface area contributed by atoms with Crippen LogP contribution in [0.3, 0.4) is 0 Å². The molecule has 0 radical (unpaired) electrons. The van der Waals surface area contributed by atoms with E-state index in [1.165, 1.54) is 0 Å². The molecule has 0 bridgehead atoms. The lowest BCUT2D eigenvalue weighted by molar-refractivity contribution is -0.160. The minimum Gasteiger partial charge on any atom is -0.362 e. The smallest absolute Gasteiger partial charge is 0.256 e. The number of carbonyl (C=O) groups is 2.